The van der Waals surface area contributed by atoms with E-state index in [4.69, 9.17) is 4.74 Å². The summed E-state index contributed by atoms with van der Waals surface area (Å²) < 4.78 is 6.80. The first-order valence-corrected chi connectivity index (χ1v) is 17.7. The highest BCUT2D eigenvalue weighted by Gasteiger charge is 2.57. The molecule has 0 N–H and O–H groups in total. The van der Waals surface area contributed by atoms with E-state index in [9.17, 15) is 9.59 Å². The van der Waals surface area contributed by atoms with Crippen LogP contribution in [0.3, 0.4) is 0 Å². The molecule has 0 saturated heterocycles. The summed E-state index contributed by atoms with van der Waals surface area (Å²) in [5.41, 5.74) is 1.34. The van der Waals surface area contributed by atoms with Gasteiger partial charge in [-0.25, -0.2) is 0 Å². The number of rotatable bonds is 5. The molecule has 0 aromatic carbocycles. The first-order chi connectivity index (χ1) is 18.4. The van der Waals surface area contributed by atoms with Gasteiger partial charge in [-0.05, 0) is 124 Å². The van der Waals surface area contributed by atoms with E-state index >= 15 is 0 Å². The lowest BCUT2D eigenvalue weighted by molar-refractivity contribution is -0.162. The van der Waals surface area contributed by atoms with Crippen LogP contribution in [0.1, 0.15) is 112 Å². The summed E-state index contributed by atoms with van der Waals surface area (Å²) in [4.78, 5) is 28.2. The lowest BCUT2D eigenvalue weighted by Crippen LogP contribution is -2.59. The molecule has 1 aliphatic heterocycles. The maximum absolute atomic E-state index is 13.5. The average molecular weight is 572 g/mol. The molecule has 4 nitrogen and oxygen atoms in total. The second kappa shape index (κ2) is 9.44. The number of amides is 1. The predicted octanol–water partition coefficient (Wildman–Crippen LogP) is 7.81. The molecule has 0 spiro atoms. The molecule has 0 aromatic heterocycles. The Hall–Kier alpha value is -0.620. The van der Waals surface area contributed by atoms with Gasteiger partial charge < -0.3 is 4.74 Å². The van der Waals surface area contributed by atoms with Crippen LogP contribution in [-0.2, 0) is 14.3 Å². The normalized spacial score (nSPS) is 47.9. The minimum atomic E-state index is -0.524. The number of carbonyl (C=O) groups excluding carboxylic acids is 2. The number of thioether (sulfide) groups is 2. The van der Waals surface area contributed by atoms with E-state index in [0.29, 0.717) is 0 Å². The van der Waals surface area contributed by atoms with Gasteiger partial charge in [-0.15, -0.1) is 23.5 Å². The van der Waals surface area contributed by atoms with Gasteiger partial charge >= 0.3 is 5.97 Å². The number of hydrogen-bond donors (Lipinski definition) is 0. The van der Waals surface area contributed by atoms with E-state index < -0.39 is 6.23 Å². The van der Waals surface area contributed by atoms with Crippen molar-refractivity contribution in [1.82, 2.24) is 4.90 Å². The van der Waals surface area contributed by atoms with Crippen LogP contribution in [0.5, 0.6) is 0 Å². The summed E-state index contributed by atoms with van der Waals surface area (Å²) in [7, 11) is 0. The number of carbonyl (C=O) groups is 2. The predicted molar refractivity (Wildman–Crippen MR) is 160 cm³/mol. The van der Waals surface area contributed by atoms with Gasteiger partial charge in [0.25, 0.3) is 0 Å². The van der Waals surface area contributed by atoms with E-state index in [-0.39, 0.29) is 37.4 Å². The van der Waals surface area contributed by atoms with Gasteiger partial charge in [0.1, 0.15) is 5.37 Å². The van der Waals surface area contributed by atoms with Gasteiger partial charge in [0, 0.05) is 23.3 Å². The minimum absolute atomic E-state index is 0.00210. The molecular formula is C33H49NO3S2. The Morgan fingerprint density at radius 1 is 0.769 bits per heavy atom. The second-order valence-electron chi connectivity index (χ2n) is 16.0. The van der Waals surface area contributed by atoms with E-state index in [0.717, 1.165) is 35.5 Å². The highest BCUT2D eigenvalue weighted by atomic mass is 32.2. The molecule has 8 fully saturated rings. The van der Waals surface area contributed by atoms with Crippen molar-refractivity contribution >= 4 is 35.4 Å². The fourth-order valence-corrected chi connectivity index (χ4v) is 15.7. The second-order valence-corrected chi connectivity index (χ2v) is 19.2. The Bertz CT molecular complexity index is 989. The summed E-state index contributed by atoms with van der Waals surface area (Å²) in [6.07, 6.45) is 18.3. The molecule has 8 saturated carbocycles. The summed E-state index contributed by atoms with van der Waals surface area (Å²) >= 11 is 4.17. The van der Waals surface area contributed by atoms with Crippen molar-refractivity contribution in [2.45, 2.75) is 138 Å². The summed E-state index contributed by atoms with van der Waals surface area (Å²) in [5.74, 6) is 4.98. The Balaban J connectivity index is 1.26. The average Bonchev–Trinajstić information content (AvgIpc) is 2.77. The Morgan fingerprint density at radius 2 is 1.18 bits per heavy atom. The molecule has 9 rings (SSSR count). The zero-order valence-electron chi connectivity index (χ0n) is 24.7. The summed E-state index contributed by atoms with van der Waals surface area (Å²) in [6, 6.07) is 0. The van der Waals surface area contributed by atoms with Crippen LogP contribution in [0.25, 0.3) is 0 Å². The van der Waals surface area contributed by atoms with Crippen LogP contribution in [0.2, 0.25) is 0 Å². The summed E-state index contributed by atoms with van der Waals surface area (Å²) in [5, 5.41) is -0.0622. The van der Waals surface area contributed by atoms with Crippen LogP contribution in [0, 0.1) is 40.9 Å². The van der Waals surface area contributed by atoms with Crippen LogP contribution in [0.15, 0.2) is 11.6 Å². The molecule has 6 heteroatoms. The fraction of sp³-hybridized carbons (Fsp3) is 0.879. The summed E-state index contributed by atoms with van der Waals surface area (Å²) in [6.45, 7) is 10.2. The zero-order valence-corrected chi connectivity index (χ0v) is 26.4. The van der Waals surface area contributed by atoms with Gasteiger partial charge in [0.15, 0.2) is 6.23 Å². The molecule has 8 aliphatic carbocycles. The molecule has 3 unspecified atom stereocenters. The smallest absolute Gasteiger partial charge is 0.304 e. The monoisotopic (exact) mass is 571 g/mol. The van der Waals surface area contributed by atoms with Crippen LogP contribution < -0.4 is 0 Å². The molecule has 1 heterocycles. The number of hydrogen-bond acceptors (Lipinski definition) is 5. The van der Waals surface area contributed by atoms with Gasteiger partial charge in [-0.1, -0.05) is 26.8 Å². The fourth-order valence-electron chi connectivity index (χ4n) is 11.2. The number of esters is 1. The van der Waals surface area contributed by atoms with Crippen molar-refractivity contribution in [3.8, 4) is 0 Å². The number of ether oxygens (including phenoxy) is 1. The first kappa shape index (κ1) is 27.2. The highest BCUT2D eigenvalue weighted by molar-refractivity contribution is 8.02. The van der Waals surface area contributed by atoms with Crippen molar-refractivity contribution < 1.29 is 14.3 Å². The zero-order chi connectivity index (χ0) is 27.3. The minimum Gasteiger partial charge on any atom is -0.440 e. The van der Waals surface area contributed by atoms with Crippen molar-refractivity contribution in [2.75, 3.05) is 0 Å². The van der Waals surface area contributed by atoms with Crippen molar-refractivity contribution in [3.63, 3.8) is 0 Å². The molecule has 216 valence electrons. The van der Waals surface area contributed by atoms with Gasteiger partial charge in [-0.2, -0.15) is 0 Å². The van der Waals surface area contributed by atoms with Gasteiger partial charge in [-0.3, -0.25) is 14.5 Å². The van der Waals surface area contributed by atoms with E-state index in [1.165, 1.54) is 89.5 Å². The van der Waals surface area contributed by atoms with Crippen molar-refractivity contribution in [1.29, 1.82) is 0 Å². The largest absolute Gasteiger partial charge is 0.440 e. The van der Waals surface area contributed by atoms with E-state index in [2.05, 4.69) is 50.4 Å². The molecule has 8 bridgehead atoms. The maximum Gasteiger partial charge on any atom is 0.304 e. The lowest BCUT2D eigenvalue weighted by Gasteiger charge is -2.59. The first-order valence-electron chi connectivity index (χ1n) is 15.9. The van der Waals surface area contributed by atoms with E-state index in [1.807, 2.05) is 4.90 Å². The molecule has 9 aliphatic rings. The third kappa shape index (κ3) is 4.93. The molecular weight excluding hydrogens is 523 g/mol. The molecule has 3 atom stereocenters. The van der Waals surface area contributed by atoms with Crippen LogP contribution in [0.4, 0.5) is 0 Å². The topological polar surface area (TPSA) is 46.6 Å². The maximum atomic E-state index is 13.5. The SMILES string of the molecule is CC(=O)OC1C(SC23CC4CC(CC(C4)C2)C3)C(C(C)(C)C)=CC(SC23CC4CC(CC(C4)C2)C3)N1C(C)=O. The molecule has 1 amide bonds. The standard InChI is InChI=1S/C33H49NO3S2/c1-19(35)34-28(38-32-13-21-6-22(14-32)8-23(7-21)15-32)12-27(31(3,4)5)29(30(34)37-20(2)36)39-33-16-24-9-25(17-33)11-26(10-24)18-33/h12,21-26,28-30H,6-11,13-18H2,1-5H3. The van der Waals surface area contributed by atoms with Gasteiger partial charge in [0.05, 0.1) is 5.25 Å². The third-order valence-electron chi connectivity index (χ3n) is 11.7. The van der Waals surface area contributed by atoms with Crippen molar-refractivity contribution in [2.24, 2.45) is 40.9 Å². The number of nitrogens with zero attached hydrogens (tertiary/aromatic N) is 1. The third-order valence-corrected chi connectivity index (χ3v) is 15.0. The highest BCUT2D eigenvalue weighted by Crippen LogP contribution is 2.65. The van der Waals surface area contributed by atoms with Crippen LogP contribution in [-0.4, -0.2) is 43.1 Å². The molecule has 0 radical (unpaired) electrons. The Labute approximate surface area is 244 Å². The molecule has 39 heavy (non-hydrogen) atoms. The Morgan fingerprint density at radius 3 is 1.54 bits per heavy atom. The van der Waals surface area contributed by atoms with Crippen LogP contribution >= 0.6 is 23.5 Å². The molecule has 0 aromatic rings. The lowest BCUT2D eigenvalue weighted by atomic mass is 9.56. The Kier molecular flexibility index (Phi) is 6.59. The van der Waals surface area contributed by atoms with Crippen molar-refractivity contribution in [3.05, 3.63) is 11.6 Å². The quantitative estimate of drug-likeness (QED) is 0.249. The van der Waals surface area contributed by atoms with E-state index in [1.54, 1.807) is 6.92 Å². The van der Waals surface area contributed by atoms with Gasteiger partial charge in [0.2, 0.25) is 5.91 Å².